The minimum atomic E-state index is -0.427. The van der Waals surface area contributed by atoms with Crippen molar-refractivity contribution in [2.24, 2.45) is 0 Å². The molecule has 0 aliphatic rings. The van der Waals surface area contributed by atoms with Gasteiger partial charge in [-0.2, -0.15) is 5.10 Å². The summed E-state index contributed by atoms with van der Waals surface area (Å²) < 4.78 is 1.47. The molecule has 6 nitrogen and oxygen atoms in total. The number of aromatic hydroxyl groups is 1. The van der Waals surface area contributed by atoms with E-state index in [0.29, 0.717) is 5.92 Å². The lowest BCUT2D eigenvalue weighted by atomic mass is 10.0. The molecule has 1 aromatic heterocycles. The predicted octanol–water partition coefficient (Wildman–Crippen LogP) is 1.77. The number of aromatic nitrogens is 2. The van der Waals surface area contributed by atoms with Gasteiger partial charge in [0.15, 0.2) is 11.4 Å². The van der Waals surface area contributed by atoms with Gasteiger partial charge in [0.2, 0.25) is 0 Å². The molecule has 0 saturated heterocycles. The summed E-state index contributed by atoms with van der Waals surface area (Å²) in [5.41, 5.74) is 1.95. The zero-order valence-corrected chi connectivity index (χ0v) is 13.0. The van der Waals surface area contributed by atoms with Gasteiger partial charge in [-0.15, -0.1) is 0 Å². The van der Waals surface area contributed by atoms with Crippen molar-refractivity contribution in [3.63, 3.8) is 0 Å². The Bertz CT molecular complexity index is 647. The summed E-state index contributed by atoms with van der Waals surface area (Å²) in [6.07, 6.45) is 1.41. The monoisotopic (exact) mass is 303 g/mol. The maximum atomic E-state index is 12.1. The quantitative estimate of drug-likeness (QED) is 0.882. The Morgan fingerprint density at radius 2 is 1.95 bits per heavy atom. The fraction of sp³-hybridized carbons (Fsp3) is 0.375. The number of carbonyl (C=O) groups is 1. The number of likely N-dealkylation sites (N-methyl/N-ethyl adjacent to an activating group) is 1. The van der Waals surface area contributed by atoms with Crippen LogP contribution in [0, 0.1) is 0 Å². The van der Waals surface area contributed by atoms with Crippen LogP contribution in [0.5, 0.6) is 5.75 Å². The zero-order valence-electron chi connectivity index (χ0n) is 13.0. The summed E-state index contributed by atoms with van der Waals surface area (Å²) >= 11 is 0. The molecular formula is C16H21N3O3. The molecule has 1 heterocycles. The molecule has 0 saturated carbocycles. The number of hydrogen-bond acceptors (Lipinski definition) is 4. The summed E-state index contributed by atoms with van der Waals surface area (Å²) in [6.45, 7) is 4.28. The van der Waals surface area contributed by atoms with E-state index in [1.807, 2.05) is 24.3 Å². The topological polar surface area (TPSA) is 78.6 Å². The third-order valence-corrected chi connectivity index (χ3v) is 3.50. The molecule has 2 rings (SSSR count). The first kappa shape index (κ1) is 16.0. The van der Waals surface area contributed by atoms with Crippen LogP contribution in [0.4, 0.5) is 0 Å². The number of nitrogens with zero attached hydrogens (tertiary/aromatic N) is 3. The first-order valence-electron chi connectivity index (χ1n) is 7.19. The molecule has 0 aliphatic heterocycles. The summed E-state index contributed by atoms with van der Waals surface area (Å²) in [5, 5.41) is 23.0. The van der Waals surface area contributed by atoms with Gasteiger partial charge in [0.25, 0.3) is 5.91 Å². The molecule has 0 bridgehead atoms. The standard InChI is InChI=1S/C16H21N3O3/c1-11(2)12-4-6-13(7-5-12)19-10-14(21)15(17-19)16(22)18(3)8-9-20/h4-7,10-11,20-21H,8-9H2,1-3H3. The number of carbonyl (C=O) groups excluding carboxylic acids is 1. The Labute approximate surface area is 129 Å². The van der Waals surface area contributed by atoms with Crippen molar-refractivity contribution in [2.75, 3.05) is 20.2 Å². The second-order valence-corrected chi connectivity index (χ2v) is 5.50. The highest BCUT2D eigenvalue weighted by Crippen LogP contribution is 2.21. The van der Waals surface area contributed by atoms with Gasteiger partial charge >= 0.3 is 0 Å². The maximum Gasteiger partial charge on any atom is 0.278 e. The number of hydrogen-bond donors (Lipinski definition) is 2. The van der Waals surface area contributed by atoms with E-state index in [1.165, 1.54) is 21.3 Å². The lowest BCUT2D eigenvalue weighted by molar-refractivity contribution is 0.0758. The third-order valence-electron chi connectivity index (χ3n) is 3.50. The lowest BCUT2D eigenvalue weighted by Gasteiger charge is -2.13. The molecule has 1 amide bonds. The Kier molecular flexibility index (Phi) is 4.82. The van der Waals surface area contributed by atoms with Crippen molar-refractivity contribution >= 4 is 5.91 Å². The zero-order chi connectivity index (χ0) is 16.3. The van der Waals surface area contributed by atoms with E-state index in [1.54, 1.807) is 7.05 Å². The van der Waals surface area contributed by atoms with Crippen LogP contribution in [0.3, 0.4) is 0 Å². The van der Waals surface area contributed by atoms with E-state index in [-0.39, 0.29) is 24.6 Å². The first-order valence-corrected chi connectivity index (χ1v) is 7.19. The highest BCUT2D eigenvalue weighted by Gasteiger charge is 2.20. The van der Waals surface area contributed by atoms with Gasteiger partial charge in [0.1, 0.15) is 0 Å². The SMILES string of the molecule is CC(C)c1ccc(-n2cc(O)c(C(=O)N(C)CCO)n2)cc1. The predicted molar refractivity (Wildman–Crippen MR) is 83.4 cm³/mol. The summed E-state index contributed by atoms with van der Waals surface area (Å²) in [5.74, 6) is -0.170. The third kappa shape index (κ3) is 3.28. The summed E-state index contributed by atoms with van der Waals surface area (Å²) in [7, 11) is 1.55. The smallest absolute Gasteiger partial charge is 0.278 e. The average molecular weight is 303 g/mol. The van der Waals surface area contributed by atoms with Gasteiger partial charge in [0.05, 0.1) is 18.5 Å². The van der Waals surface area contributed by atoms with Crippen molar-refractivity contribution < 1.29 is 15.0 Å². The number of benzene rings is 1. The van der Waals surface area contributed by atoms with Crippen LogP contribution in [-0.4, -0.2) is 51.0 Å². The van der Waals surface area contributed by atoms with E-state index < -0.39 is 5.91 Å². The van der Waals surface area contributed by atoms with Gasteiger partial charge < -0.3 is 15.1 Å². The Balaban J connectivity index is 2.27. The van der Waals surface area contributed by atoms with E-state index in [9.17, 15) is 9.90 Å². The van der Waals surface area contributed by atoms with Crippen molar-refractivity contribution in [2.45, 2.75) is 19.8 Å². The molecule has 1 aromatic carbocycles. The van der Waals surface area contributed by atoms with Crippen LogP contribution in [0.15, 0.2) is 30.5 Å². The number of rotatable bonds is 5. The summed E-state index contributed by atoms with van der Waals surface area (Å²) in [4.78, 5) is 13.4. The van der Waals surface area contributed by atoms with E-state index in [4.69, 9.17) is 5.11 Å². The molecule has 0 atom stereocenters. The molecule has 0 spiro atoms. The molecule has 0 aliphatic carbocycles. The highest BCUT2D eigenvalue weighted by atomic mass is 16.3. The van der Waals surface area contributed by atoms with Crippen LogP contribution in [0.25, 0.3) is 5.69 Å². The normalized spacial score (nSPS) is 11.0. The Morgan fingerprint density at radius 1 is 1.32 bits per heavy atom. The largest absolute Gasteiger partial charge is 0.504 e. The summed E-state index contributed by atoms with van der Waals surface area (Å²) in [6, 6.07) is 7.79. The fourth-order valence-electron chi connectivity index (χ4n) is 2.09. The van der Waals surface area contributed by atoms with Crippen molar-refractivity contribution in [3.05, 3.63) is 41.7 Å². The Morgan fingerprint density at radius 3 is 2.50 bits per heavy atom. The number of aliphatic hydroxyl groups excluding tert-OH is 1. The van der Waals surface area contributed by atoms with E-state index in [0.717, 1.165) is 5.69 Å². The molecule has 118 valence electrons. The Hall–Kier alpha value is -2.34. The second-order valence-electron chi connectivity index (χ2n) is 5.50. The molecule has 0 fully saturated rings. The van der Waals surface area contributed by atoms with Crippen molar-refractivity contribution in [3.8, 4) is 11.4 Å². The van der Waals surface area contributed by atoms with Gasteiger partial charge in [-0.05, 0) is 23.6 Å². The van der Waals surface area contributed by atoms with E-state index >= 15 is 0 Å². The molecule has 22 heavy (non-hydrogen) atoms. The van der Waals surface area contributed by atoms with E-state index in [2.05, 4.69) is 18.9 Å². The number of amides is 1. The molecule has 0 unspecified atom stereocenters. The molecule has 2 N–H and O–H groups in total. The number of aliphatic hydroxyl groups is 1. The maximum absolute atomic E-state index is 12.1. The van der Waals surface area contributed by atoms with Gasteiger partial charge in [-0.1, -0.05) is 26.0 Å². The van der Waals surface area contributed by atoms with Crippen molar-refractivity contribution in [1.82, 2.24) is 14.7 Å². The molecule has 0 radical (unpaired) electrons. The molecule has 2 aromatic rings. The lowest BCUT2D eigenvalue weighted by Crippen LogP contribution is -2.29. The van der Waals surface area contributed by atoms with Crippen LogP contribution in [0.1, 0.15) is 35.8 Å². The highest BCUT2D eigenvalue weighted by molar-refractivity contribution is 5.94. The van der Waals surface area contributed by atoms with Crippen molar-refractivity contribution in [1.29, 1.82) is 0 Å². The van der Waals surface area contributed by atoms with Crippen LogP contribution >= 0.6 is 0 Å². The van der Waals surface area contributed by atoms with Gasteiger partial charge in [0, 0.05) is 13.6 Å². The van der Waals surface area contributed by atoms with Crippen LogP contribution in [-0.2, 0) is 0 Å². The second kappa shape index (κ2) is 6.62. The molecular weight excluding hydrogens is 282 g/mol. The van der Waals surface area contributed by atoms with Crippen LogP contribution < -0.4 is 0 Å². The minimum Gasteiger partial charge on any atom is -0.504 e. The average Bonchev–Trinajstić information content (AvgIpc) is 2.88. The van der Waals surface area contributed by atoms with Gasteiger partial charge in [-0.3, -0.25) is 4.79 Å². The van der Waals surface area contributed by atoms with Gasteiger partial charge in [-0.25, -0.2) is 4.68 Å². The first-order chi connectivity index (χ1) is 10.4. The van der Waals surface area contributed by atoms with Crippen LogP contribution in [0.2, 0.25) is 0 Å². The minimum absolute atomic E-state index is 0.0242. The molecule has 6 heteroatoms. The fourth-order valence-corrected chi connectivity index (χ4v) is 2.09.